The largest absolute Gasteiger partial charge is 0.685 e. The summed E-state index contributed by atoms with van der Waals surface area (Å²) in [5.41, 5.74) is 0. The lowest BCUT2D eigenvalue weighted by atomic mass is 10.4. The van der Waals surface area contributed by atoms with E-state index >= 15 is 0 Å². The molecule has 0 spiro atoms. The van der Waals surface area contributed by atoms with Crippen molar-refractivity contribution in [3.8, 4) is 0 Å². The minimum absolute atomic E-state index is 0.576. The van der Waals surface area contributed by atoms with Crippen molar-refractivity contribution in [3.63, 3.8) is 0 Å². The van der Waals surface area contributed by atoms with Crippen LogP contribution in [0.1, 0.15) is 19.8 Å². The van der Waals surface area contributed by atoms with E-state index in [-0.39, 0.29) is 0 Å². The molecular formula is C4H11Al2FO. The molecule has 0 aromatic rings. The summed E-state index contributed by atoms with van der Waals surface area (Å²) in [5, 5.41) is 0.708. The standard InChI is InChI=1S/C4H9.2Al.FH.O.2H/c1-3-4-2;;;;;;/h1,3-4H2,2H3;;;1H;;;/q;;+1;;;;/p-1. The predicted octanol–water partition coefficient (Wildman–Crippen LogP) is 0.809. The lowest BCUT2D eigenvalue weighted by molar-refractivity contribution is 0.533. The summed E-state index contributed by atoms with van der Waals surface area (Å²) in [6.45, 7) is 2.06. The van der Waals surface area contributed by atoms with Crippen LogP contribution >= 0.6 is 0 Å². The molecule has 0 N–H and O–H groups in total. The maximum atomic E-state index is 12.3. The van der Waals surface area contributed by atoms with Gasteiger partial charge in [0.2, 0.25) is 0 Å². The summed E-state index contributed by atoms with van der Waals surface area (Å²) >= 11 is -1.56. The van der Waals surface area contributed by atoms with Crippen LogP contribution in [0.25, 0.3) is 0 Å². The van der Waals surface area contributed by atoms with E-state index in [1.54, 1.807) is 0 Å². The molecule has 0 aliphatic rings. The molecule has 0 rings (SSSR count). The van der Waals surface area contributed by atoms with Crippen LogP contribution in [0.15, 0.2) is 0 Å². The SMILES string of the molecule is CCC[CH2][Al]([F])[O][AlH2]. The van der Waals surface area contributed by atoms with Gasteiger partial charge in [-0.25, -0.2) is 0 Å². The van der Waals surface area contributed by atoms with Crippen LogP contribution < -0.4 is 0 Å². The predicted molar refractivity (Wildman–Crippen MR) is 36.2 cm³/mol. The normalized spacial score (nSPS) is 9.25. The fourth-order valence-corrected chi connectivity index (χ4v) is 2.15. The summed E-state index contributed by atoms with van der Waals surface area (Å²) in [6.07, 6.45) is 2.08. The van der Waals surface area contributed by atoms with Gasteiger partial charge in [-0.1, -0.05) is 19.8 Å². The van der Waals surface area contributed by atoms with Gasteiger partial charge in [-0.15, -0.1) is 0 Å². The molecule has 0 fully saturated rings. The molecule has 1 nitrogen and oxygen atoms in total. The molecular weight excluding hydrogens is 137 g/mol. The molecule has 0 saturated heterocycles. The van der Waals surface area contributed by atoms with Gasteiger partial charge in [0, 0.05) is 0 Å². The van der Waals surface area contributed by atoms with Crippen molar-refractivity contribution in [1.82, 2.24) is 0 Å². The fraction of sp³-hybridized carbons (Fsp3) is 1.00. The Hall–Kier alpha value is 0.955. The quantitative estimate of drug-likeness (QED) is 0.536. The van der Waals surface area contributed by atoms with E-state index in [1.807, 2.05) is 0 Å². The number of unbranched alkanes of at least 4 members (excludes halogenated alkanes) is 1. The zero-order valence-electron chi connectivity index (χ0n) is 5.48. The maximum Gasteiger partial charge on any atom is 0.685 e. The number of rotatable bonds is 4. The van der Waals surface area contributed by atoms with E-state index in [0.29, 0.717) is 21.9 Å². The number of halogens is 1. The Morgan fingerprint density at radius 3 is 2.75 bits per heavy atom. The summed E-state index contributed by atoms with van der Waals surface area (Å²) in [5.74, 6) is 0. The van der Waals surface area contributed by atoms with Gasteiger partial charge in [0.25, 0.3) is 0 Å². The highest BCUT2D eigenvalue weighted by Crippen LogP contribution is 2.00. The van der Waals surface area contributed by atoms with Crippen molar-refractivity contribution in [2.45, 2.75) is 25.0 Å². The van der Waals surface area contributed by atoms with E-state index in [2.05, 4.69) is 9.76 Å². The van der Waals surface area contributed by atoms with Crippen LogP contribution in [-0.4, -0.2) is 31.6 Å². The zero-order valence-corrected chi connectivity index (χ0v) is 8.64. The van der Waals surface area contributed by atoms with Gasteiger partial charge in [0.1, 0.15) is 0 Å². The molecule has 0 aromatic carbocycles. The number of hydrogen-bond acceptors (Lipinski definition) is 1. The summed E-state index contributed by atoms with van der Waals surface area (Å²) in [7, 11) is 0. The highest BCUT2D eigenvalue weighted by atomic mass is 27.3. The Morgan fingerprint density at radius 2 is 2.38 bits per heavy atom. The summed E-state index contributed by atoms with van der Waals surface area (Å²) in [6, 6.07) is 0. The average molecular weight is 148 g/mol. The Morgan fingerprint density at radius 1 is 1.75 bits per heavy atom. The van der Waals surface area contributed by atoms with Crippen LogP contribution in [0.2, 0.25) is 5.28 Å². The van der Waals surface area contributed by atoms with Crippen molar-refractivity contribution >= 4 is 31.6 Å². The van der Waals surface area contributed by atoms with Crippen molar-refractivity contribution < 1.29 is 6.36 Å². The summed E-state index contributed by atoms with van der Waals surface area (Å²) in [4.78, 5) is 0. The molecule has 0 saturated carbocycles. The van der Waals surface area contributed by atoms with E-state index in [0.717, 1.165) is 12.8 Å². The molecule has 8 heavy (non-hydrogen) atoms. The van der Waals surface area contributed by atoms with Crippen LogP contribution in [0.5, 0.6) is 0 Å². The fourth-order valence-electron chi connectivity index (χ4n) is 0.482. The molecule has 4 heteroatoms. The van der Waals surface area contributed by atoms with Gasteiger partial charge in [0.05, 0.1) is 0 Å². The monoisotopic (exact) mass is 148 g/mol. The average Bonchev–Trinajstić information content (AvgIpc) is 1.83. The van der Waals surface area contributed by atoms with Crippen molar-refractivity contribution in [2.24, 2.45) is 0 Å². The Labute approximate surface area is 63.2 Å². The van der Waals surface area contributed by atoms with Crippen LogP contribution in [0, 0.1) is 0 Å². The lowest BCUT2D eigenvalue weighted by Crippen LogP contribution is -2.08. The molecule has 0 bridgehead atoms. The molecule has 0 aliphatic heterocycles. The number of hydrogen-bond donors (Lipinski definition) is 0. The molecule has 46 valence electrons. The van der Waals surface area contributed by atoms with Gasteiger partial charge in [-0.05, 0) is 5.28 Å². The van der Waals surface area contributed by atoms with Crippen LogP contribution in [0.3, 0.4) is 0 Å². The summed E-state index contributed by atoms with van der Waals surface area (Å²) < 4.78 is 16.9. The highest BCUT2D eigenvalue weighted by Gasteiger charge is 2.16. The molecule has 0 radical (unpaired) electrons. The molecule has 0 amide bonds. The van der Waals surface area contributed by atoms with Gasteiger partial charge >= 0.3 is 31.6 Å². The first-order valence-electron chi connectivity index (χ1n) is 2.98. The Bertz CT molecular complexity index is 53.3. The Kier molecular flexibility index (Phi) is 6.81. The van der Waals surface area contributed by atoms with E-state index < -0.39 is 14.9 Å². The highest BCUT2D eigenvalue weighted by molar-refractivity contribution is 6.48. The van der Waals surface area contributed by atoms with E-state index in [1.165, 1.54) is 0 Å². The van der Waals surface area contributed by atoms with Crippen LogP contribution in [-0.2, 0) is 2.84 Å². The molecule has 0 aromatic heterocycles. The third-order valence-corrected chi connectivity index (χ3v) is 3.95. The van der Waals surface area contributed by atoms with E-state index in [9.17, 15) is 3.52 Å². The van der Waals surface area contributed by atoms with Crippen LogP contribution in [0.4, 0.5) is 3.52 Å². The first kappa shape index (κ1) is 8.95. The lowest BCUT2D eigenvalue weighted by Gasteiger charge is -1.96. The van der Waals surface area contributed by atoms with Crippen molar-refractivity contribution in [2.75, 3.05) is 0 Å². The Balaban J connectivity index is 2.86. The third-order valence-electron chi connectivity index (χ3n) is 1.04. The minimum atomic E-state index is -2.14. The second kappa shape index (κ2) is 6.08. The van der Waals surface area contributed by atoms with Gasteiger partial charge < -0.3 is 6.36 Å². The first-order valence-corrected chi connectivity index (χ1v) is 5.52. The van der Waals surface area contributed by atoms with E-state index in [4.69, 9.17) is 0 Å². The van der Waals surface area contributed by atoms with Gasteiger partial charge in [-0.2, -0.15) is 0 Å². The van der Waals surface area contributed by atoms with Gasteiger partial charge in [0.15, 0.2) is 0 Å². The molecule has 0 unspecified atom stereocenters. The topological polar surface area (TPSA) is 9.23 Å². The smallest absolute Gasteiger partial charge is 0.617 e. The molecule has 0 atom stereocenters. The zero-order chi connectivity index (χ0) is 6.41. The van der Waals surface area contributed by atoms with Crippen molar-refractivity contribution in [1.29, 1.82) is 0 Å². The maximum absolute atomic E-state index is 12.3. The second-order valence-corrected chi connectivity index (χ2v) is 5.07. The molecule has 0 aliphatic carbocycles. The first-order chi connectivity index (χ1) is 3.81. The second-order valence-electron chi connectivity index (χ2n) is 1.79. The molecule has 0 heterocycles. The third kappa shape index (κ3) is 5.10. The van der Waals surface area contributed by atoms with Gasteiger partial charge in [-0.3, -0.25) is 0 Å². The van der Waals surface area contributed by atoms with Crippen molar-refractivity contribution in [3.05, 3.63) is 0 Å². The minimum Gasteiger partial charge on any atom is -0.617 e.